The molecule has 38 heavy (non-hydrogen) atoms. The minimum atomic E-state index is -3.72. The normalized spacial score (nSPS) is 21.9. The highest BCUT2D eigenvalue weighted by molar-refractivity contribution is 7.92. The number of ether oxygens (including phenoxy) is 1. The lowest BCUT2D eigenvalue weighted by Gasteiger charge is -2.45. The third kappa shape index (κ3) is 5.91. The molecule has 0 aromatic heterocycles. The summed E-state index contributed by atoms with van der Waals surface area (Å²) in [6, 6.07) is 9.74. The Balaban J connectivity index is 1.94. The van der Waals surface area contributed by atoms with Crippen molar-refractivity contribution in [3.63, 3.8) is 0 Å². The number of nitrogens with zero attached hydrogens (tertiary/aromatic N) is 1. The lowest BCUT2D eigenvalue weighted by molar-refractivity contribution is -0.175. The number of rotatable bonds is 7. The number of carbonyl (C=O) groups is 2. The van der Waals surface area contributed by atoms with Crippen LogP contribution in [0.5, 0.6) is 0 Å². The molecule has 1 saturated heterocycles. The summed E-state index contributed by atoms with van der Waals surface area (Å²) < 4.78 is 45.8. The van der Waals surface area contributed by atoms with E-state index in [0.717, 1.165) is 11.6 Å². The van der Waals surface area contributed by atoms with Crippen molar-refractivity contribution >= 4 is 44.9 Å². The van der Waals surface area contributed by atoms with Crippen LogP contribution >= 0.6 is 23.2 Å². The van der Waals surface area contributed by atoms with Gasteiger partial charge in [0.2, 0.25) is 0 Å². The fourth-order valence-electron chi connectivity index (χ4n) is 4.36. The van der Waals surface area contributed by atoms with Crippen LogP contribution in [0.15, 0.2) is 53.7 Å². The van der Waals surface area contributed by atoms with E-state index in [1.807, 2.05) is 0 Å². The molecule has 0 bridgehead atoms. The highest BCUT2D eigenvalue weighted by Gasteiger charge is 2.48. The Hall–Kier alpha value is -2.46. The van der Waals surface area contributed by atoms with Crippen molar-refractivity contribution in [3.05, 3.63) is 80.7 Å². The Bertz CT molecular complexity index is 1400. The van der Waals surface area contributed by atoms with E-state index < -0.39 is 62.7 Å². The minimum Gasteiger partial charge on any atom is -0.481 e. The Morgan fingerprint density at radius 3 is 2.24 bits per heavy atom. The SMILES string of the molecule is CC(C)(C)S(=O)(=O)CC(=C1CC1)N1C(=O)[C@H](CC(=O)O)O[C@H](c2ccc(F)c(Cl)c2)[C@H]1c1ccc(Cl)cc1. The van der Waals surface area contributed by atoms with E-state index in [0.29, 0.717) is 34.7 Å². The third-order valence-electron chi connectivity index (χ3n) is 6.69. The van der Waals surface area contributed by atoms with Gasteiger partial charge in [0.25, 0.3) is 5.91 Å². The number of sulfone groups is 1. The van der Waals surface area contributed by atoms with Crippen molar-refractivity contribution in [1.29, 1.82) is 0 Å². The third-order valence-corrected chi connectivity index (χ3v) is 9.75. The Kier molecular flexibility index (Phi) is 7.96. The molecular weight excluding hydrogens is 556 g/mol. The van der Waals surface area contributed by atoms with Gasteiger partial charge in [0.15, 0.2) is 9.84 Å². The molecule has 204 valence electrons. The number of hydrogen-bond acceptors (Lipinski definition) is 5. The topological polar surface area (TPSA) is 101 Å². The number of aliphatic carboxylic acids is 1. The molecule has 1 amide bonds. The van der Waals surface area contributed by atoms with E-state index in [4.69, 9.17) is 27.9 Å². The lowest BCUT2D eigenvalue weighted by Crippen LogP contribution is -2.52. The zero-order chi connectivity index (χ0) is 28.0. The van der Waals surface area contributed by atoms with Gasteiger partial charge in [-0.1, -0.05) is 41.4 Å². The summed E-state index contributed by atoms with van der Waals surface area (Å²) in [5.74, 6) is -2.97. The summed E-state index contributed by atoms with van der Waals surface area (Å²) in [6.45, 7) is 4.77. The van der Waals surface area contributed by atoms with Gasteiger partial charge in [0, 0.05) is 10.7 Å². The highest BCUT2D eigenvalue weighted by Crippen LogP contribution is 2.48. The van der Waals surface area contributed by atoms with Crippen LogP contribution in [0, 0.1) is 5.82 Å². The van der Waals surface area contributed by atoms with E-state index in [-0.39, 0.29) is 5.02 Å². The lowest BCUT2D eigenvalue weighted by atomic mass is 9.90. The van der Waals surface area contributed by atoms with Crippen LogP contribution in [0.2, 0.25) is 10.0 Å². The van der Waals surface area contributed by atoms with Gasteiger partial charge >= 0.3 is 5.97 Å². The summed E-state index contributed by atoms with van der Waals surface area (Å²) in [5, 5.41) is 9.81. The van der Waals surface area contributed by atoms with E-state index in [1.165, 1.54) is 17.0 Å². The van der Waals surface area contributed by atoms with Gasteiger partial charge in [-0.15, -0.1) is 0 Å². The number of carboxylic acids is 1. The van der Waals surface area contributed by atoms with Crippen LogP contribution in [0.25, 0.3) is 0 Å². The molecule has 1 aliphatic heterocycles. The summed E-state index contributed by atoms with van der Waals surface area (Å²) in [7, 11) is -3.72. The van der Waals surface area contributed by atoms with Gasteiger partial charge in [-0.25, -0.2) is 12.8 Å². The molecule has 0 spiro atoms. The molecule has 7 nitrogen and oxygen atoms in total. The number of carboxylic acid groups (broad SMARTS) is 1. The first-order chi connectivity index (χ1) is 17.7. The van der Waals surface area contributed by atoms with E-state index >= 15 is 0 Å². The monoisotopic (exact) mass is 583 g/mol. The van der Waals surface area contributed by atoms with Gasteiger partial charge in [-0.3, -0.25) is 9.59 Å². The van der Waals surface area contributed by atoms with Crippen LogP contribution < -0.4 is 0 Å². The van der Waals surface area contributed by atoms with E-state index in [9.17, 15) is 27.5 Å². The first-order valence-corrected chi connectivity index (χ1v) is 14.4. The average Bonchev–Trinajstić information content (AvgIpc) is 3.66. The maximum atomic E-state index is 14.1. The van der Waals surface area contributed by atoms with Gasteiger partial charge in [-0.05, 0) is 74.6 Å². The molecule has 3 atom stereocenters. The number of carbonyl (C=O) groups excluding carboxylic acids is 1. The summed E-state index contributed by atoms with van der Waals surface area (Å²) in [6.07, 6.45) is -1.80. The number of morpholine rings is 1. The van der Waals surface area contributed by atoms with Crippen molar-refractivity contribution in [2.24, 2.45) is 0 Å². The van der Waals surface area contributed by atoms with Gasteiger partial charge in [0.1, 0.15) is 18.0 Å². The van der Waals surface area contributed by atoms with Crippen LogP contribution in [-0.4, -0.2) is 46.9 Å². The van der Waals surface area contributed by atoms with Gasteiger partial charge in [0.05, 0.1) is 28.0 Å². The molecule has 2 aromatic carbocycles. The molecule has 2 fully saturated rings. The van der Waals surface area contributed by atoms with Gasteiger partial charge in [-0.2, -0.15) is 0 Å². The molecular formula is C27H28Cl2FNO6S. The van der Waals surface area contributed by atoms with Crippen LogP contribution in [0.1, 0.15) is 63.3 Å². The number of halogens is 3. The quantitative estimate of drug-likeness (QED) is 0.437. The molecule has 1 saturated carbocycles. The first-order valence-electron chi connectivity index (χ1n) is 12.0. The molecule has 11 heteroatoms. The second-order valence-corrected chi connectivity index (χ2v) is 14.0. The molecule has 0 radical (unpaired) electrons. The second-order valence-electron chi connectivity index (χ2n) is 10.4. The summed E-state index contributed by atoms with van der Waals surface area (Å²) in [4.78, 5) is 27.0. The first kappa shape index (κ1) is 28.5. The number of hydrogen-bond donors (Lipinski definition) is 1. The molecule has 1 N–H and O–H groups in total. The van der Waals surface area contributed by atoms with Crippen molar-refractivity contribution < 1.29 is 32.2 Å². The number of benzene rings is 2. The van der Waals surface area contributed by atoms with Gasteiger partial charge < -0.3 is 14.7 Å². The molecule has 1 aliphatic carbocycles. The molecule has 2 aliphatic rings. The van der Waals surface area contributed by atoms with Crippen molar-refractivity contribution in [2.45, 2.75) is 63.0 Å². The average molecular weight is 584 g/mol. The summed E-state index contributed by atoms with van der Waals surface area (Å²) in [5.41, 5.74) is 2.11. The zero-order valence-corrected chi connectivity index (χ0v) is 23.4. The molecule has 4 rings (SSSR count). The predicted octanol–water partition coefficient (Wildman–Crippen LogP) is 5.88. The largest absolute Gasteiger partial charge is 0.481 e. The fourth-order valence-corrected chi connectivity index (χ4v) is 5.81. The molecule has 2 aromatic rings. The fraction of sp³-hybridized carbons (Fsp3) is 0.407. The molecule has 0 unspecified atom stereocenters. The standard InChI is InChI=1S/C27H28Cl2FNO6S/c1-27(2,3)38(35,36)14-21(15-4-5-15)31-24(16-6-9-18(28)10-7-16)25(17-8-11-20(30)19(29)12-17)37-22(26(31)34)13-23(32)33/h6-12,22,24-25H,4-5,13-14H2,1-3H3,(H,32,33)/t22-,24+,25+/m0/s1. The Labute approximate surface area is 231 Å². The Morgan fingerprint density at radius 1 is 1.11 bits per heavy atom. The maximum Gasteiger partial charge on any atom is 0.306 e. The maximum absolute atomic E-state index is 14.1. The van der Waals surface area contributed by atoms with Crippen LogP contribution in [-0.2, 0) is 24.2 Å². The van der Waals surface area contributed by atoms with Crippen LogP contribution in [0.3, 0.4) is 0 Å². The minimum absolute atomic E-state index is 0.171. The smallest absolute Gasteiger partial charge is 0.306 e. The highest BCUT2D eigenvalue weighted by atomic mass is 35.5. The summed E-state index contributed by atoms with van der Waals surface area (Å²) >= 11 is 12.2. The predicted molar refractivity (Wildman–Crippen MR) is 142 cm³/mol. The van der Waals surface area contributed by atoms with Crippen LogP contribution in [0.4, 0.5) is 4.39 Å². The Morgan fingerprint density at radius 2 is 1.71 bits per heavy atom. The molecule has 1 heterocycles. The van der Waals surface area contributed by atoms with Crippen molar-refractivity contribution in [2.75, 3.05) is 5.75 Å². The second kappa shape index (κ2) is 10.6. The van der Waals surface area contributed by atoms with E-state index in [2.05, 4.69) is 0 Å². The van der Waals surface area contributed by atoms with Crippen molar-refractivity contribution in [3.8, 4) is 0 Å². The van der Waals surface area contributed by atoms with Crippen molar-refractivity contribution in [1.82, 2.24) is 4.90 Å². The zero-order valence-electron chi connectivity index (χ0n) is 21.1. The number of amides is 1. The van der Waals surface area contributed by atoms with E-state index in [1.54, 1.807) is 45.0 Å². The number of allylic oxidation sites excluding steroid dienone is 1.